The van der Waals surface area contributed by atoms with Crippen LogP contribution in [0.2, 0.25) is 5.02 Å². The molecule has 0 N–H and O–H groups in total. The summed E-state index contributed by atoms with van der Waals surface area (Å²) in [6.07, 6.45) is 3.04. The van der Waals surface area contributed by atoms with Gasteiger partial charge in [-0.3, -0.25) is 0 Å². The van der Waals surface area contributed by atoms with Gasteiger partial charge in [0.05, 0.1) is 0 Å². The molecule has 0 aliphatic carbocycles. The molecule has 0 aliphatic heterocycles. The SMILES string of the molecule is CCCC(Cl)Cc1ccccc1Cl. The maximum Gasteiger partial charge on any atom is 0.0438 e. The summed E-state index contributed by atoms with van der Waals surface area (Å²) in [7, 11) is 0. The molecule has 0 bridgehead atoms. The first-order valence-corrected chi connectivity index (χ1v) is 5.43. The van der Waals surface area contributed by atoms with Gasteiger partial charge in [-0.15, -0.1) is 11.6 Å². The summed E-state index contributed by atoms with van der Waals surface area (Å²) < 4.78 is 0. The molecule has 1 atom stereocenters. The van der Waals surface area contributed by atoms with Crippen molar-refractivity contribution in [3.63, 3.8) is 0 Å². The van der Waals surface area contributed by atoms with Gasteiger partial charge in [0.2, 0.25) is 0 Å². The van der Waals surface area contributed by atoms with E-state index in [4.69, 9.17) is 23.2 Å². The van der Waals surface area contributed by atoms with Gasteiger partial charge in [0.1, 0.15) is 0 Å². The molecular formula is C11H14Cl2. The molecule has 1 aromatic carbocycles. The van der Waals surface area contributed by atoms with Crippen molar-refractivity contribution in [1.29, 1.82) is 0 Å². The van der Waals surface area contributed by atoms with E-state index in [9.17, 15) is 0 Å². The van der Waals surface area contributed by atoms with Crippen molar-refractivity contribution in [1.82, 2.24) is 0 Å². The van der Waals surface area contributed by atoms with Crippen molar-refractivity contribution >= 4 is 23.2 Å². The van der Waals surface area contributed by atoms with Gasteiger partial charge in [-0.25, -0.2) is 0 Å². The zero-order chi connectivity index (χ0) is 9.68. The average molecular weight is 217 g/mol. The highest BCUT2D eigenvalue weighted by Gasteiger charge is 2.06. The Morgan fingerprint density at radius 3 is 2.62 bits per heavy atom. The summed E-state index contributed by atoms with van der Waals surface area (Å²) in [4.78, 5) is 0. The van der Waals surface area contributed by atoms with Gasteiger partial charge in [-0.2, -0.15) is 0 Å². The van der Waals surface area contributed by atoms with Gasteiger partial charge in [0.15, 0.2) is 0 Å². The third kappa shape index (κ3) is 3.58. The Kier molecular flexibility index (Phi) is 4.61. The molecule has 0 saturated carbocycles. The summed E-state index contributed by atoms with van der Waals surface area (Å²) in [5.41, 5.74) is 1.15. The van der Waals surface area contributed by atoms with Crippen LogP contribution in [0.3, 0.4) is 0 Å². The Bertz CT molecular complexity index is 258. The minimum absolute atomic E-state index is 0.213. The van der Waals surface area contributed by atoms with Crippen LogP contribution in [0.15, 0.2) is 24.3 Å². The predicted octanol–water partition coefficient (Wildman–Crippen LogP) is 4.29. The van der Waals surface area contributed by atoms with Crippen LogP contribution in [0.1, 0.15) is 25.3 Å². The molecule has 2 heteroatoms. The highest BCUT2D eigenvalue weighted by molar-refractivity contribution is 6.31. The van der Waals surface area contributed by atoms with Crippen molar-refractivity contribution in [2.24, 2.45) is 0 Å². The van der Waals surface area contributed by atoms with E-state index in [2.05, 4.69) is 6.92 Å². The Morgan fingerprint density at radius 2 is 2.00 bits per heavy atom. The molecule has 0 spiro atoms. The number of hydrogen-bond donors (Lipinski definition) is 0. The standard InChI is InChI=1S/C11H14Cl2/c1-2-5-10(12)8-9-6-3-4-7-11(9)13/h3-4,6-7,10H,2,5,8H2,1H3. The summed E-state index contributed by atoms with van der Waals surface area (Å²) in [5, 5.41) is 1.04. The molecule has 1 aromatic rings. The second kappa shape index (κ2) is 5.51. The monoisotopic (exact) mass is 216 g/mol. The van der Waals surface area contributed by atoms with E-state index in [1.54, 1.807) is 0 Å². The molecule has 0 aliphatic rings. The second-order valence-electron chi connectivity index (χ2n) is 3.18. The summed E-state index contributed by atoms with van der Waals surface area (Å²) in [5.74, 6) is 0. The predicted molar refractivity (Wildman–Crippen MR) is 59.7 cm³/mol. The lowest BCUT2D eigenvalue weighted by molar-refractivity contribution is 0.726. The van der Waals surface area contributed by atoms with Gasteiger partial charge < -0.3 is 0 Å². The molecule has 1 unspecified atom stereocenters. The lowest BCUT2D eigenvalue weighted by atomic mass is 10.1. The number of benzene rings is 1. The number of hydrogen-bond acceptors (Lipinski definition) is 0. The van der Waals surface area contributed by atoms with Crippen LogP contribution in [-0.2, 0) is 6.42 Å². The van der Waals surface area contributed by atoms with Crippen LogP contribution in [0.4, 0.5) is 0 Å². The normalized spacial score (nSPS) is 12.8. The number of halogens is 2. The highest BCUT2D eigenvalue weighted by atomic mass is 35.5. The van der Waals surface area contributed by atoms with Crippen LogP contribution in [0.5, 0.6) is 0 Å². The van der Waals surface area contributed by atoms with E-state index in [0.29, 0.717) is 0 Å². The quantitative estimate of drug-likeness (QED) is 0.660. The lowest BCUT2D eigenvalue weighted by Gasteiger charge is -2.08. The smallest absolute Gasteiger partial charge is 0.0438 e. The maximum absolute atomic E-state index is 6.13. The molecule has 0 saturated heterocycles. The van der Waals surface area contributed by atoms with E-state index in [-0.39, 0.29) is 5.38 Å². The first kappa shape index (κ1) is 10.9. The van der Waals surface area contributed by atoms with Crippen LogP contribution in [0, 0.1) is 0 Å². The van der Waals surface area contributed by atoms with Crippen molar-refractivity contribution in [3.05, 3.63) is 34.9 Å². The Balaban J connectivity index is 2.58. The van der Waals surface area contributed by atoms with Gasteiger partial charge in [-0.05, 0) is 24.5 Å². The Labute approximate surface area is 89.9 Å². The van der Waals surface area contributed by atoms with Gasteiger partial charge >= 0.3 is 0 Å². The van der Waals surface area contributed by atoms with Crippen molar-refractivity contribution in [2.75, 3.05) is 0 Å². The number of alkyl halides is 1. The zero-order valence-electron chi connectivity index (χ0n) is 7.76. The first-order chi connectivity index (χ1) is 6.24. The third-order valence-corrected chi connectivity index (χ3v) is 2.74. The lowest BCUT2D eigenvalue weighted by Crippen LogP contribution is -2.02. The van der Waals surface area contributed by atoms with Crippen LogP contribution in [0.25, 0.3) is 0 Å². The third-order valence-electron chi connectivity index (χ3n) is 2.00. The molecular weight excluding hydrogens is 203 g/mol. The van der Waals surface area contributed by atoms with E-state index in [0.717, 1.165) is 29.8 Å². The molecule has 72 valence electrons. The van der Waals surface area contributed by atoms with Crippen LogP contribution < -0.4 is 0 Å². The molecule has 0 heterocycles. The highest BCUT2D eigenvalue weighted by Crippen LogP contribution is 2.20. The molecule has 13 heavy (non-hydrogen) atoms. The van der Waals surface area contributed by atoms with Gasteiger partial charge in [0, 0.05) is 10.4 Å². The fourth-order valence-corrected chi connectivity index (χ4v) is 1.92. The topological polar surface area (TPSA) is 0 Å². The molecule has 0 amide bonds. The minimum atomic E-state index is 0.213. The second-order valence-corrected chi connectivity index (χ2v) is 4.21. The van der Waals surface area contributed by atoms with Crippen LogP contribution in [-0.4, -0.2) is 5.38 Å². The zero-order valence-corrected chi connectivity index (χ0v) is 9.28. The first-order valence-electron chi connectivity index (χ1n) is 4.61. The summed E-state index contributed by atoms with van der Waals surface area (Å²) in [6, 6.07) is 7.88. The number of rotatable bonds is 4. The fourth-order valence-electron chi connectivity index (χ4n) is 1.32. The van der Waals surface area contributed by atoms with E-state index < -0.39 is 0 Å². The Morgan fingerprint density at radius 1 is 1.31 bits per heavy atom. The molecule has 1 rings (SSSR count). The van der Waals surface area contributed by atoms with E-state index in [1.807, 2.05) is 24.3 Å². The largest absolute Gasteiger partial charge is 0.123 e. The van der Waals surface area contributed by atoms with Gasteiger partial charge in [0.25, 0.3) is 0 Å². The van der Waals surface area contributed by atoms with Gasteiger partial charge in [-0.1, -0.05) is 43.1 Å². The van der Waals surface area contributed by atoms with Crippen molar-refractivity contribution in [3.8, 4) is 0 Å². The molecule has 0 aromatic heterocycles. The average Bonchev–Trinajstić information content (AvgIpc) is 2.09. The minimum Gasteiger partial charge on any atom is -0.123 e. The van der Waals surface area contributed by atoms with E-state index >= 15 is 0 Å². The van der Waals surface area contributed by atoms with Crippen molar-refractivity contribution < 1.29 is 0 Å². The summed E-state index contributed by atoms with van der Waals surface area (Å²) in [6.45, 7) is 2.14. The molecule has 0 nitrogen and oxygen atoms in total. The molecule has 0 fully saturated rings. The molecule has 0 radical (unpaired) electrons. The van der Waals surface area contributed by atoms with Crippen molar-refractivity contribution in [2.45, 2.75) is 31.6 Å². The van der Waals surface area contributed by atoms with Crippen LogP contribution >= 0.6 is 23.2 Å². The maximum atomic E-state index is 6.13. The Hall–Kier alpha value is -0.200. The van der Waals surface area contributed by atoms with E-state index in [1.165, 1.54) is 0 Å². The summed E-state index contributed by atoms with van der Waals surface area (Å²) >= 11 is 12.1. The fraction of sp³-hybridized carbons (Fsp3) is 0.455.